The molecule has 6 nitrogen and oxygen atoms in total. The van der Waals surface area contributed by atoms with Crippen molar-refractivity contribution < 1.29 is 19.1 Å². The fourth-order valence-corrected chi connectivity index (χ4v) is 1.19. The van der Waals surface area contributed by atoms with Crippen LogP contribution in [-0.2, 0) is 9.47 Å². The Bertz CT molecular complexity index is 387. The number of rotatable bonds is 5. The second-order valence-corrected chi connectivity index (χ2v) is 3.36. The van der Waals surface area contributed by atoms with Gasteiger partial charge in [-0.05, 0) is 18.6 Å². The number of nitrogens with zero attached hydrogens (tertiary/aromatic N) is 1. The lowest BCUT2D eigenvalue weighted by Crippen LogP contribution is -2.26. The molecule has 0 saturated heterocycles. The number of methoxy groups -OCH3 is 1. The maximum atomic E-state index is 11.3. The number of esters is 1. The predicted octanol–water partition coefficient (Wildman–Crippen LogP) is 1.75. The Morgan fingerprint density at radius 3 is 2.88 bits per heavy atom. The van der Waals surface area contributed by atoms with Crippen LogP contribution in [0.4, 0.5) is 4.79 Å². The summed E-state index contributed by atoms with van der Waals surface area (Å²) in [7, 11) is 1.28. The van der Waals surface area contributed by atoms with E-state index in [4.69, 9.17) is 4.74 Å². The van der Waals surface area contributed by atoms with Gasteiger partial charge in [0, 0.05) is 6.20 Å². The first-order chi connectivity index (χ1) is 8.19. The van der Waals surface area contributed by atoms with Crippen molar-refractivity contribution in [2.75, 3.05) is 19.1 Å². The smallest absolute Gasteiger partial charge is 0.426 e. The summed E-state index contributed by atoms with van der Waals surface area (Å²) in [6.07, 6.45) is 2.69. The largest absolute Gasteiger partial charge is 0.464 e. The van der Waals surface area contributed by atoms with Crippen molar-refractivity contribution in [1.82, 2.24) is 4.68 Å². The first-order valence-corrected chi connectivity index (χ1v) is 5.38. The standard InChI is InChI=1S/C11H16N2O4/c1-3-4-8-17-11(15)12-13-7-5-6-9(13)10(14)16-2/h5-7H,3-4,8H2,1-2H3,(H,12,15). The van der Waals surface area contributed by atoms with Crippen LogP contribution in [0.3, 0.4) is 0 Å². The van der Waals surface area contributed by atoms with Crippen molar-refractivity contribution in [3.8, 4) is 0 Å². The molecular weight excluding hydrogens is 224 g/mol. The normalized spacial score (nSPS) is 9.76. The third kappa shape index (κ3) is 3.82. The molecule has 0 atom stereocenters. The zero-order valence-corrected chi connectivity index (χ0v) is 9.93. The fraction of sp³-hybridized carbons (Fsp3) is 0.455. The van der Waals surface area contributed by atoms with Crippen LogP contribution in [0.15, 0.2) is 18.3 Å². The molecule has 0 fully saturated rings. The van der Waals surface area contributed by atoms with Gasteiger partial charge in [-0.25, -0.2) is 15.0 Å². The molecule has 0 unspecified atom stereocenters. The van der Waals surface area contributed by atoms with E-state index in [-0.39, 0.29) is 5.69 Å². The Kier molecular flexibility index (Phi) is 5.06. The van der Waals surface area contributed by atoms with E-state index in [1.165, 1.54) is 24.0 Å². The molecule has 0 aliphatic heterocycles. The van der Waals surface area contributed by atoms with E-state index >= 15 is 0 Å². The summed E-state index contributed by atoms with van der Waals surface area (Å²) in [5.41, 5.74) is 2.66. The molecule has 0 spiro atoms. The van der Waals surface area contributed by atoms with Crippen molar-refractivity contribution >= 4 is 12.1 Å². The number of hydrogen-bond acceptors (Lipinski definition) is 4. The van der Waals surface area contributed by atoms with Gasteiger partial charge in [-0.15, -0.1) is 0 Å². The van der Waals surface area contributed by atoms with Crippen molar-refractivity contribution in [3.05, 3.63) is 24.0 Å². The van der Waals surface area contributed by atoms with Gasteiger partial charge in [-0.3, -0.25) is 4.68 Å². The van der Waals surface area contributed by atoms with E-state index in [9.17, 15) is 9.59 Å². The minimum atomic E-state index is -0.597. The predicted molar refractivity (Wildman–Crippen MR) is 61.4 cm³/mol. The molecule has 0 aliphatic carbocycles. The summed E-state index contributed by atoms with van der Waals surface area (Å²) >= 11 is 0. The maximum absolute atomic E-state index is 11.3. The molecule has 17 heavy (non-hydrogen) atoms. The summed E-state index contributed by atoms with van der Waals surface area (Å²) in [5, 5.41) is 0. The Morgan fingerprint density at radius 1 is 1.47 bits per heavy atom. The van der Waals surface area contributed by atoms with Crippen LogP contribution in [0.2, 0.25) is 0 Å². The van der Waals surface area contributed by atoms with E-state index in [0.29, 0.717) is 6.61 Å². The second-order valence-electron chi connectivity index (χ2n) is 3.36. The summed E-state index contributed by atoms with van der Waals surface area (Å²) in [4.78, 5) is 22.6. The number of ether oxygens (including phenoxy) is 2. The van der Waals surface area contributed by atoms with Crippen molar-refractivity contribution in [2.24, 2.45) is 0 Å². The summed E-state index contributed by atoms with van der Waals surface area (Å²) < 4.78 is 10.7. The van der Waals surface area contributed by atoms with E-state index in [1.807, 2.05) is 6.92 Å². The highest BCUT2D eigenvalue weighted by Crippen LogP contribution is 2.02. The quantitative estimate of drug-likeness (QED) is 0.629. The summed E-state index contributed by atoms with van der Waals surface area (Å²) in [6, 6.07) is 3.16. The minimum Gasteiger partial charge on any atom is -0.464 e. The van der Waals surface area contributed by atoms with E-state index in [1.54, 1.807) is 6.07 Å². The number of unbranched alkanes of at least 4 members (excludes halogenated alkanes) is 1. The lowest BCUT2D eigenvalue weighted by Gasteiger charge is -2.09. The van der Waals surface area contributed by atoms with Crippen LogP contribution in [0.1, 0.15) is 30.3 Å². The number of carbonyl (C=O) groups is 2. The molecule has 0 aromatic carbocycles. The van der Waals surface area contributed by atoms with Gasteiger partial charge in [0.15, 0.2) is 0 Å². The number of nitrogens with one attached hydrogen (secondary N) is 1. The minimum absolute atomic E-state index is 0.236. The first-order valence-electron chi connectivity index (χ1n) is 5.38. The van der Waals surface area contributed by atoms with E-state index in [0.717, 1.165) is 12.8 Å². The SMILES string of the molecule is CCCCOC(=O)Nn1cccc1C(=O)OC. The first kappa shape index (κ1) is 13.1. The van der Waals surface area contributed by atoms with Gasteiger partial charge >= 0.3 is 12.1 Å². The monoisotopic (exact) mass is 240 g/mol. The Hall–Kier alpha value is -1.98. The maximum Gasteiger partial charge on any atom is 0.426 e. The summed E-state index contributed by atoms with van der Waals surface area (Å²) in [6.45, 7) is 2.36. The third-order valence-electron chi connectivity index (χ3n) is 2.09. The second kappa shape index (κ2) is 6.57. The Balaban J connectivity index is 2.53. The molecule has 0 saturated carbocycles. The molecule has 1 amide bonds. The lowest BCUT2D eigenvalue weighted by molar-refractivity contribution is 0.0590. The van der Waals surface area contributed by atoms with Gasteiger partial charge in [0.25, 0.3) is 0 Å². The van der Waals surface area contributed by atoms with Crippen LogP contribution in [0.25, 0.3) is 0 Å². The molecule has 6 heteroatoms. The number of hydrogen-bond donors (Lipinski definition) is 1. The molecular formula is C11H16N2O4. The van der Waals surface area contributed by atoms with Crippen LogP contribution in [0, 0.1) is 0 Å². The van der Waals surface area contributed by atoms with Crippen LogP contribution < -0.4 is 5.43 Å². The zero-order chi connectivity index (χ0) is 12.7. The van der Waals surface area contributed by atoms with Gasteiger partial charge in [0.2, 0.25) is 0 Å². The number of carbonyl (C=O) groups excluding carboxylic acids is 2. The highest BCUT2D eigenvalue weighted by atomic mass is 16.6. The average Bonchev–Trinajstić information content (AvgIpc) is 2.76. The molecule has 0 aliphatic rings. The van der Waals surface area contributed by atoms with Gasteiger partial charge in [0.1, 0.15) is 5.69 Å². The van der Waals surface area contributed by atoms with Crippen LogP contribution in [-0.4, -0.2) is 30.5 Å². The molecule has 94 valence electrons. The van der Waals surface area contributed by atoms with Crippen LogP contribution >= 0.6 is 0 Å². The van der Waals surface area contributed by atoms with Crippen molar-refractivity contribution in [2.45, 2.75) is 19.8 Å². The van der Waals surface area contributed by atoms with Crippen molar-refractivity contribution in [3.63, 3.8) is 0 Å². The Labute approximate surface area is 99.5 Å². The Morgan fingerprint density at radius 2 is 2.24 bits per heavy atom. The van der Waals surface area contributed by atoms with Gasteiger partial charge in [-0.2, -0.15) is 0 Å². The van der Waals surface area contributed by atoms with E-state index < -0.39 is 12.1 Å². The molecule has 1 heterocycles. The molecule has 1 N–H and O–H groups in total. The number of aromatic nitrogens is 1. The van der Waals surface area contributed by atoms with E-state index in [2.05, 4.69) is 10.2 Å². The molecule has 1 aromatic rings. The van der Waals surface area contributed by atoms with Gasteiger partial charge < -0.3 is 9.47 Å². The highest BCUT2D eigenvalue weighted by Gasteiger charge is 2.12. The topological polar surface area (TPSA) is 69.6 Å². The average molecular weight is 240 g/mol. The number of amides is 1. The van der Waals surface area contributed by atoms with Gasteiger partial charge in [-0.1, -0.05) is 13.3 Å². The molecule has 1 aromatic heterocycles. The lowest BCUT2D eigenvalue weighted by atomic mass is 10.4. The molecule has 0 bridgehead atoms. The third-order valence-corrected chi connectivity index (χ3v) is 2.09. The summed E-state index contributed by atoms with van der Waals surface area (Å²) in [5.74, 6) is -0.524. The highest BCUT2D eigenvalue weighted by molar-refractivity contribution is 5.88. The molecule has 0 radical (unpaired) electrons. The van der Waals surface area contributed by atoms with Crippen molar-refractivity contribution in [1.29, 1.82) is 0 Å². The fourth-order valence-electron chi connectivity index (χ4n) is 1.19. The molecule has 1 rings (SSSR count). The van der Waals surface area contributed by atoms with Crippen LogP contribution in [0.5, 0.6) is 0 Å². The zero-order valence-electron chi connectivity index (χ0n) is 9.93. The van der Waals surface area contributed by atoms with Gasteiger partial charge in [0.05, 0.1) is 13.7 Å².